The van der Waals surface area contributed by atoms with Gasteiger partial charge in [0.2, 0.25) is 0 Å². The van der Waals surface area contributed by atoms with Crippen LogP contribution in [0, 0.1) is 0 Å². The number of hydrogen-bond acceptors (Lipinski definition) is 6. The lowest BCUT2D eigenvalue weighted by molar-refractivity contribution is -0.113. The molecule has 1 aliphatic heterocycles. The summed E-state index contributed by atoms with van der Waals surface area (Å²) >= 11 is 6.80. The van der Waals surface area contributed by atoms with E-state index >= 15 is 0 Å². The first kappa shape index (κ1) is 22.9. The largest absolute Gasteiger partial charge is 0.490 e. The van der Waals surface area contributed by atoms with Crippen molar-refractivity contribution in [1.29, 1.82) is 0 Å². The maximum atomic E-state index is 13.1. The lowest BCUT2D eigenvalue weighted by Gasteiger charge is -2.17. The number of thiocarbonyl (C=S) groups is 1. The van der Waals surface area contributed by atoms with Crippen LogP contribution >= 0.6 is 24.0 Å². The molecule has 0 atom stereocenters. The van der Waals surface area contributed by atoms with E-state index in [1.165, 1.54) is 11.8 Å². The van der Waals surface area contributed by atoms with Crippen LogP contribution in [-0.4, -0.2) is 37.5 Å². The molecule has 0 spiro atoms. The zero-order chi connectivity index (χ0) is 23.2. The lowest BCUT2D eigenvalue weighted by Crippen LogP contribution is -2.27. The van der Waals surface area contributed by atoms with Crippen LogP contribution < -0.4 is 19.3 Å². The Morgan fingerprint density at radius 1 is 0.909 bits per heavy atom. The van der Waals surface area contributed by atoms with E-state index in [1.807, 2.05) is 104 Å². The van der Waals surface area contributed by atoms with Crippen LogP contribution in [-0.2, 0) is 4.79 Å². The molecular weight excluding hydrogens is 452 g/mol. The van der Waals surface area contributed by atoms with E-state index in [0.29, 0.717) is 22.4 Å². The first-order valence-electron chi connectivity index (χ1n) is 10.5. The molecular formula is C26H24N2O3S2. The maximum absolute atomic E-state index is 13.1. The fourth-order valence-electron chi connectivity index (χ4n) is 3.27. The van der Waals surface area contributed by atoms with Gasteiger partial charge in [-0.3, -0.25) is 9.69 Å². The average molecular weight is 477 g/mol. The van der Waals surface area contributed by atoms with Crippen molar-refractivity contribution in [1.82, 2.24) is 0 Å². The minimum Gasteiger partial charge on any atom is -0.490 e. The second kappa shape index (κ2) is 10.6. The highest BCUT2D eigenvalue weighted by Crippen LogP contribution is 2.36. The SMILES string of the molecule is CN(C)c1ccc(N2C(=O)/C(=C\c3cccc(OCCOc4ccccc4)c3)SC2=S)cc1. The normalized spacial score (nSPS) is 14.6. The topological polar surface area (TPSA) is 42.0 Å². The van der Waals surface area contributed by atoms with Gasteiger partial charge in [-0.1, -0.05) is 54.3 Å². The number of ether oxygens (including phenoxy) is 2. The summed E-state index contributed by atoms with van der Waals surface area (Å²) in [5.41, 5.74) is 2.70. The lowest BCUT2D eigenvalue weighted by atomic mass is 10.2. The summed E-state index contributed by atoms with van der Waals surface area (Å²) in [7, 11) is 3.96. The molecule has 0 radical (unpaired) electrons. The fraction of sp³-hybridized carbons (Fsp3) is 0.154. The Balaban J connectivity index is 1.40. The number of rotatable bonds is 8. The number of amides is 1. The van der Waals surface area contributed by atoms with Gasteiger partial charge in [0, 0.05) is 19.8 Å². The molecule has 0 unspecified atom stereocenters. The molecule has 7 heteroatoms. The summed E-state index contributed by atoms with van der Waals surface area (Å²) in [4.78, 5) is 17.2. The zero-order valence-corrected chi connectivity index (χ0v) is 20.1. The zero-order valence-electron chi connectivity index (χ0n) is 18.4. The molecule has 168 valence electrons. The van der Waals surface area contributed by atoms with Crippen LogP contribution in [0.2, 0.25) is 0 Å². The second-order valence-corrected chi connectivity index (χ2v) is 9.19. The summed E-state index contributed by atoms with van der Waals surface area (Å²) in [5, 5.41) is 0. The van der Waals surface area contributed by atoms with E-state index in [2.05, 4.69) is 0 Å². The first-order valence-corrected chi connectivity index (χ1v) is 11.7. The highest BCUT2D eigenvalue weighted by atomic mass is 32.2. The molecule has 1 aliphatic rings. The van der Waals surface area contributed by atoms with Crippen molar-refractivity contribution in [2.24, 2.45) is 0 Å². The summed E-state index contributed by atoms with van der Waals surface area (Å²) in [6, 6.07) is 25.0. The number of nitrogens with zero attached hydrogens (tertiary/aromatic N) is 2. The molecule has 0 aromatic heterocycles. The van der Waals surface area contributed by atoms with E-state index in [1.54, 1.807) is 4.90 Å². The maximum Gasteiger partial charge on any atom is 0.270 e. The summed E-state index contributed by atoms with van der Waals surface area (Å²) < 4.78 is 12.0. The van der Waals surface area contributed by atoms with Gasteiger partial charge < -0.3 is 14.4 Å². The minimum absolute atomic E-state index is 0.120. The van der Waals surface area contributed by atoms with Crippen molar-refractivity contribution < 1.29 is 14.3 Å². The Morgan fingerprint density at radius 3 is 2.27 bits per heavy atom. The molecule has 1 amide bonds. The van der Waals surface area contributed by atoms with Crippen LogP contribution in [0.4, 0.5) is 11.4 Å². The quantitative estimate of drug-likeness (QED) is 0.239. The molecule has 5 nitrogen and oxygen atoms in total. The molecule has 0 aliphatic carbocycles. The van der Waals surface area contributed by atoms with Crippen molar-refractivity contribution in [3.63, 3.8) is 0 Å². The van der Waals surface area contributed by atoms with Crippen molar-refractivity contribution >= 4 is 51.7 Å². The van der Waals surface area contributed by atoms with Crippen LogP contribution in [0.5, 0.6) is 11.5 Å². The van der Waals surface area contributed by atoms with Crippen molar-refractivity contribution in [3.8, 4) is 11.5 Å². The molecule has 0 saturated carbocycles. The Bertz CT molecular complexity index is 1160. The number of carbonyl (C=O) groups is 1. The van der Waals surface area contributed by atoms with Gasteiger partial charge in [0.15, 0.2) is 4.32 Å². The van der Waals surface area contributed by atoms with Crippen molar-refractivity contribution in [3.05, 3.63) is 89.3 Å². The summed E-state index contributed by atoms with van der Waals surface area (Å²) in [6.45, 7) is 0.864. The highest BCUT2D eigenvalue weighted by Gasteiger charge is 2.33. The second-order valence-electron chi connectivity index (χ2n) is 7.51. The van der Waals surface area contributed by atoms with Gasteiger partial charge in [-0.05, 0) is 60.2 Å². The molecule has 0 bridgehead atoms. The smallest absolute Gasteiger partial charge is 0.270 e. The van der Waals surface area contributed by atoms with Crippen LogP contribution in [0.3, 0.4) is 0 Å². The van der Waals surface area contributed by atoms with Gasteiger partial charge in [0.1, 0.15) is 24.7 Å². The predicted molar refractivity (Wildman–Crippen MR) is 140 cm³/mol. The third kappa shape index (κ3) is 5.74. The molecule has 1 saturated heterocycles. The van der Waals surface area contributed by atoms with E-state index in [4.69, 9.17) is 21.7 Å². The number of thioether (sulfide) groups is 1. The van der Waals surface area contributed by atoms with Gasteiger partial charge >= 0.3 is 0 Å². The molecule has 4 rings (SSSR count). The van der Waals surface area contributed by atoms with E-state index < -0.39 is 0 Å². The van der Waals surface area contributed by atoms with E-state index in [-0.39, 0.29) is 5.91 Å². The predicted octanol–water partition coefficient (Wildman–Crippen LogP) is 5.62. The van der Waals surface area contributed by atoms with Gasteiger partial charge in [0.25, 0.3) is 5.91 Å². The van der Waals surface area contributed by atoms with Gasteiger partial charge in [-0.25, -0.2) is 0 Å². The number of benzene rings is 3. The fourth-order valence-corrected chi connectivity index (χ4v) is 4.57. The molecule has 3 aromatic rings. The minimum atomic E-state index is -0.120. The van der Waals surface area contributed by atoms with Crippen LogP contribution in [0.1, 0.15) is 5.56 Å². The van der Waals surface area contributed by atoms with Gasteiger partial charge in [-0.2, -0.15) is 0 Å². The van der Waals surface area contributed by atoms with E-state index in [0.717, 1.165) is 28.4 Å². The third-order valence-corrected chi connectivity index (χ3v) is 6.24. The highest BCUT2D eigenvalue weighted by molar-refractivity contribution is 8.27. The van der Waals surface area contributed by atoms with Crippen molar-refractivity contribution in [2.45, 2.75) is 0 Å². The number of para-hydroxylation sites is 1. The van der Waals surface area contributed by atoms with Crippen molar-refractivity contribution in [2.75, 3.05) is 37.1 Å². The van der Waals surface area contributed by atoms with Crippen LogP contribution in [0.25, 0.3) is 6.08 Å². The molecule has 1 fully saturated rings. The average Bonchev–Trinajstić information content (AvgIpc) is 3.10. The summed E-state index contributed by atoms with van der Waals surface area (Å²) in [5.74, 6) is 1.41. The molecule has 33 heavy (non-hydrogen) atoms. The number of anilines is 2. The monoisotopic (exact) mass is 476 g/mol. The molecule has 1 heterocycles. The van der Waals surface area contributed by atoms with Gasteiger partial charge in [-0.15, -0.1) is 0 Å². The Labute approximate surface area is 203 Å². The number of hydrogen-bond donors (Lipinski definition) is 0. The van der Waals surface area contributed by atoms with E-state index in [9.17, 15) is 4.79 Å². The standard InChI is InChI=1S/C26H24N2O3S2/c1-27(2)20-11-13-21(14-12-20)28-25(29)24(33-26(28)32)18-19-7-6-10-23(17-19)31-16-15-30-22-8-4-3-5-9-22/h3-14,17-18H,15-16H2,1-2H3/b24-18+. The first-order chi connectivity index (χ1) is 16.0. The summed E-state index contributed by atoms with van der Waals surface area (Å²) in [6.07, 6.45) is 1.85. The Hall–Kier alpha value is -3.29. The number of carbonyl (C=O) groups excluding carboxylic acids is 1. The van der Waals surface area contributed by atoms with Crippen LogP contribution in [0.15, 0.2) is 83.8 Å². The molecule has 0 N–H and O–H groups in total. The third-order valence-electron chi connectivity index (χ3n) is 4.94. The Morgan fingerprint density at radius 2 is 1.58 bits per heavy atom. The molecule has 3 aromatic carbocycles. The Kier molecular flexibility index (Phi) is 7.32. The van der Waals surface area contributed by atoms with Gasteiger partial charge in [0.05, 0.1) is 10.6 Å².